The fourth-order valence-electron chi connectivity index (χ4n) is 2.84. The van der Waals surface area contributed by atoms with Crippen LogP contribution in [0.4, 0.5) is 5.69 Å². The largest absolute Gasteiger partial charge is 0.481 e. The van der Waals surface area contributed by atoms with Crippen LogP contribution in [0, 0.1) is 12.3 Å². The lowest BCUT2D eigenvalue weighted by atomic mass is 9.71. The molecule has 0 aliphatic heterocycles. The number of carbonyl (C=O) groups is 2. The summed E-state index contributed by atoms with van der Waals surface area (Å²) >= 11 is 5.94. The van der Waals surface area contributed by atoms with Gasteiger partial charge in [-0.25, -0.2) is 4.98 Å². The molecule has 1 fully saturated rings. The first kappa shape index (κ1) is 15.8. The summed E-state index contributed by atoms with van der Waals surface area (Å²) in [6.07, 6.45) is 5.43. The molecule has 6 heteroatoms. The lowest BCUT2D eigenvalue weighted by molar-refractivity contribution is -0.153. The molecule has 0 atom stereocenters. The zero-order chi connectivity index (χ0) is 15.5. The molecule has 1 aliphatic rings. The Balaban J connectivity index is 2.09. The van der Waals surface area contributed by atoms with Gasteiger partial charge in [0.2, 0.25) is 5.91 Å². The first-order chi connectivity index (χ1) is 9.93. The van der Waals surface area contributed by atoms with Gasteiger partial charge in [-0.05, 0) is 31.4 Å². The number of halogens is 1. The number of carboxylic acids is 1. The van der Waals surface area contributed by atoms with E-state index in [4.69, 9.17) is 11.6 Å². The summed E-state index contributed by atoms with van der Waals surface area (Å²) in [5.74, 6) is -1.21. The minimum Gasteiger partial charge on any atom is -0.481 e. The van der Waals surface area contributed by atoms with Crippen LogP contribution < -0.4 is 5.32 Å². The molecular formula is C15H19ClN2O3. The van der Waals surface area contributed by atoms with E-state index in [1.54, 1.807) is 12.3 Å². The highest BCUT2D eigenvalue weighted by molar-refractivity contribution is 6.32. The van der Waals surface area contributed by atoms with E-state index in [1.807, 2.05) is 6.92 Å². The van der Waals surface area contributed by atoms with Crippen molar-refractivity contribution in [2.75, 3.05) is 5.32 Å². The smallest absolute Gasteiger partial charge is 0.310 e. The van der Waals surface area contributed by atoms with Crippen molar-refractivity contribution in [3.63, 3.8) is 0 Å². The fraction of sp³-hybridized carbons (Fsp3) is 0.533. The molecule has 0 radical (unpaired) electrons. The lowest BCUT2D eigenvalue weighted by Crippen LogP contribution is -2.37. The molecule has 0 bridgehead atoms. The Morgan fingerprint density at radius 1 is 1.38 bits per heavy atom. The molecule has 1 heterocycles. The second-order valence-corrected chi connectivity index (χ2v) is 6.08. The Bertz CT molecular complexity index is 554. The van der Waals surface area contributed by atoms with Gasteiger partial charge in [-0.15, -0.1) is 0 Å². The monoisotopic (exact) mass is 310 g/mol. The zero-order valence-electron chi connectivity index (χ0n) is 12.0. The number of nitrogens with one attached hydrogen (secondary N) is 1. The van der Waals surface area contributed by atoms with Crippen molar-refractivity contribution in [2.24, 2.45) is 5.41 Å². The van der Waals surface area contributed by atoms with Crippen LogP contribution in [0.3, 0.4) is 0 Å². The molecule has 0 aromatic carbocycles. The number of aryl methyl sites for hydroxylation is 1. The first-order valence-corrected chi connectivity index (χ1v) is 7.46. The van der Waals surface area contributed by atoms with Crippen molar-refractivity contribution < 1.29 is 14.7 Å². The van der Waals surface area contributed by atoms with E-state index < -0.39 is 11.4 Å². The molecule has 1 amide bonds. The summed E-state index contributed by atoms with van der Waals surface area (Å²) in [6, 6.07) is 1.72. The molecule has 2 rings (SSSR count). The molecule has 1 aliphatic carbocycles. The highest BCUT2D eigenvalue weighted by atomic mass is 35.5. The maximum Gasteiger partial charge on any atom is 0.310 e. The number of hydrogen-bond donors (Lipinski definition) is 2. The van der Waals surface area contributed by atoms with Gasteiger partial charge in [0.25, 0.3) is 0 Å². The number of aromatic nitrogens is 1. The van der Waals surface area contributed by atoms with Crippen LogP contribution in [0.1, 0.15) is 44.1 Å². The van der Waals surface area contributed by atoms with Crippen molar-refractivity contribution in [1.29, 1.82) is 0 Å². The molecule has 0 unspecified atom stereocenters. The standard InChI is InChI=1S/C15H19ClN2O3/c1-10-7-11(13(16)17-9-10)18-12(19)8-15(14(20)21)5-3-2-4-6-15/h7,9H,2-6,8H2,1H3,(H,18,19)(H,20,21). The average molecular weight is 311 g/mol. The van der Waals surface area contributed by atoms with Crippen molar-refractivity contribution in [3.05, 3.63) is 23.0 Å². The number of carbonyl (C=O) groups excluding carboxylic acids is 1. The Morgan fingerprint density at radius 3 is 2.67 bits per heavy atom. The minimum absolute atomic E-state index is 0.0212. The average Bonchev–Trinajstić information content (AvgIpc) is 2.43. The van der Waals surface area contributed by atoms with Gasteiger partial charge in [0.15, 0.2) is 5.15 Å². The van der Waals surface area contributed by atoms with Crippen LogP contribution in [0.5, 0.6) is 0 Å². The van der Waals surface area contributed by atoms with Crippen LogP contribution >= 0.6 is 11.6 Å². The number of nitrogens with zero attached hydrogens (tertiary/aromatic N) is 1. The second-order valence-electron chi connectivity index (χ2n) is 5.72. The van der Waals surface area contributed by atoms with Gasteiger partial charge < -0.3 is 10.4 Å². The summed E-state index contributed by atoms with van der Waals surface area (Å²) < 4.78 is 0. The molecule has 114 valence electrons. The van der Waals surface area contributed by atoms with Crippen LogP contribution in [0.25, 0.3) is 0 Å². The number of carboxylic acid groups (broad SMARTS) is 1. The van der Waals surface area contributed by atoms with Crippen LogP contribution in [0.15, 0.2) is 12.3 Å². The Hall–Kier alpha value is -1.62. The van der Waals surface area contributed by atoms with E-state index in [-0.39, 0.29) is 17.5 Å². The Labute approximate surface area is 128 Å². The highest BCUT2D eigenvalue weighted by Gasteiger charge is 2.41. The van der Waals surface area contributed by atoms with E-state index in [0.717, 1.165) is 24.8 Å². The maximum absolute atomic E-state index is 12.2. The van der Waals surface area contributed by atoms with Crippen molar-refractivity contribution in [2.45, 2.75) is 45.4 Å². The van der Waals surface area contributed by atoms with Crippen molar-refractivity contribution in [3.8, 4) is 0 Å². The third-order valence-corrected chi connectivity index (χ3v) is 4.31. The summed E-state index contributed by atoms with van der Waals surface area (Å²) in [4.78, 5) is 27.7. The number of rotatable bonds is 4. The van der Waals surface area contributed by atoms with Crippen LogP contribution in [0.2, 0.25) is 5.15 Å². The Morgan fingerprint density at radius 2 is 2.05 bits per heavy atom. The van der Waals surface area contributed by atoms with Crippen molar-refractivity contribution >= 4 is 29.2 Å². The number of amides is 1. The molecule has 21 heavy (non-hydrogen) atoms. The molecule has 1 saturated carbocycles. The number of anilines is 1. The normalized spacial score (nSPS) is 17.2. The van der Waals surface area contributed by atoms with Gasteiger partial charge >= 0.3 is 5.97 Å². The topological polar surface area (TPSA) is 79.3 Å². The number of pyridine rings is 1. The molecule has 2 N–H and O–H groups in total. The predicted molar refractivity (Wildman–Crippen MR) is 80.4 cm³/mol. The first-order valence-electron chi connectivity index (χ1n) is 7.08. The molecule has 1 aromatic heterocycles. The number of aliphatic carboxylic acids is 1. The summed E-state index contributed by atoms with van der Waals surface area (Å²) in [6.45, 7) is 1.85. The SMILES string of the molecule is Cc1cnc(Cl)c(NC(=O)CC2(C(=O)O)CCCCC2)c1. The minimum atomic E-state index is -0.938. The molecule has 1 aromatic rings. The third-order valence-electron chi connectivity index (χ3n) is 4.01. The van der Waals surface area contributed by atoms with E-state index in [0.29, 0.717) is 18.5 Å². The highest BCUT2D eigenvalue weighted by Crippen LogP contribution is 2.40. The second kappa shape index (κ2) is 6.43. The zero-order valence-corrected chi connectivity index (χ0v) is 12.7. The van der Waals surface area contributed by atoms with E-state index in [1.165, 1.54) is 0 Å². The molecule has 5 nitrogen and oxygen atoms in total. The summed E-state index contributed by atoms with van der Waals surface area (Å²) in [7, 11) is 0. The van der Waals surface area contributed by atoms with Gasteiger partial charge in [0.05, 0.1) is 11.1 Å². The summed E-state index contributed by atoms with van der Waals surface area (Å²) in [5, 5.41) is 12.4. The molecule has 0 saturated heterocycles. The Kier molecular flexibility index (Phi) is 4.83. The van der Waals surface area contributed by atoms with E-state index in [2.05, 4.69) is 10.3 Å². The predicted octanol–water partition coefficient (Wildman–Crippen LogP) is 3.41. The molecular weight excluding hydrogens is 292 g/mol. The van der Waals surface area contributed by atoms with Gasteiger partial charge in [-0.3, -0.25) is 9.59 Å². The molecule has 0 spiro atoms. The van der Waals surface area contributed by atoms with E-state index in [9.17, 15) is 14.7 Å². The van der Waals surface area contributed by atoms with Crippen LogP contribution in [-0.2, 0) is 9.59 Å². The fourth-order valence-corrected chi connectivity index (χ4v) is 2.99. The third kappa shape index (κ3) is 3.73. The van der Waals surface area contributed by atoms with Crippen molar-refractivity contribution in [1.82, 2.24) is 4.98 Å². The van der Waals surface area contributed by atoms with Gasteiger partial charge in [0, 0.05) is 12.6 Å². The van der Waals surface area contributed by atoms with Gasteiger partial charge in [-0.2, -0.15) is 0 Å². The number of hydrogen-bond acceptors (Lipinski definition) is 3. The lowest BCUT2D eigenvalue weighted by Gasteiger charge is -2.32. The quantitative estimate of drug-likeness (QED) is 0.835. The van der Waals surface area contributed by atoms with Gasteiger partial charge in [-0.1, -0.05) is 30.9 Å². The van der Waals surface area contributed by atoms with Crippen LogP contribution in [-0.4, -0.2) is 22.0 Å². The summed E-state index contributed by atoms with van der Waals surface area (Å²) in [5.41, 5.74) is 0.366. The van der Waals surface area contributed by atoms with E-state index >= 15 is 0 Å². The van der Waals surface area contributed by atoms with Gasteiger partial charge in [0.1, 0.15) is 0 Å². The maximum atomic E-state index is 12.2.